The Balaban J connectivity index is 2.14. The van der Waals surface area contributed by atoms with Gasteiger partial charge in [0.2, 0.25) is 0 Å². The summed E-state index contributed by atoms with van der Waals surface area (Å²) in [5.74, 6) is 1.14. The number of nitrogens with zero attached hydrogens (tertiary/aromatic N) is 2. The van der Waals surface area contributed by atoms with E-state index >= 15 is 0 Å². The average Bonchev–Trinajstić information content (AvgIpc) is 2.83. The molecule has 3 nitrogen and oxygen atoms in total. The van der Waals surface area contributed by atoms with Crippen LogP contribution in [0, 0.1) is 6.92 Å². The topological polar surface area (TPSA) is 29.9 Å². The minimum Gasteiger partial charge on any atom is -0.338 e. The highest BCUT2D eigenvalue weighted by atomic mass is 79.9. The number of imidazole rings is 1. The quantitative estimate of drug-likeness (QED) is 0.870. The van der Waals surface area contributed by atoms with Crippen molar-refractivity contribution >= 4 is 15.9 Å². The van der Waals surface area contributed by atoms with Gasteiger partial charge in [0, 0.05) is 36.4 Å². The molecule has 0 aliphatic heterocycles. The summed E-state index contributed by atoms with van der Waals surface area (Å²) in [6.45, 7) is 5.25. The third-order valence-electron chi connectivity index (χ3n) is 3.56. The minimum atomic E-state index is 0.353. The lowest BCUT2D eigenvalue weighted by Gasteiger charge is -2.20. The molecule has 2 aromatic rings. The van der Waals surface area contributed by atoms with Crippen LogP contribution in [0.25, 0.3) is 0 Å². The highest BCUT2D eigenvalue weighted by molar-refractivity contribution is 9.10. The zero-order valence-corrected chi connectivity index (χ0v) is 13.9. The molecule has 0 spiro atoms. The van der Waals surface area contributed by atoms with Crippen LogP contribution in [0.4, 0.5) is 0 Å². The van der Waals surface area contributed by atoms with Gasteiger partial charge in [-0.05, 0) is 31.5 Å². The maximum atomic E-state index is 4.40. The first-order valence-electron chi connectivity index (χ1n) is 7.07. The molecule has 0 aliphatic rings. The van der Waals surface area contributed by atoms with Gasteiger partial charge in [0.05, 0.1) is 0 Å². The molecule has 1 aromatic heterocycles. The smallest absolute Gasteiger partial charge is 0.108 e. The molecule has 1 heterocycles. The van der Waals surface area contributed by atoms with Crippen molar-refractivity contribution in [3.05, 3.63) is 52.0 Å². The van der Waals surface area contributed by atoms with E-state index < -0.39 is 0 Å². The molecular weight excluding hydrogens is 314 g/mol. The molecule has 1 atom stereocenters. The fourth-order valence-electron chi connectivity index (χ4n) is 2.45. The fraction of sp³-hybridized carbons (Fsp3) is 0.438. The number of hydrogen-bond donors (Lipinski definition) is 1. The molecule has 0 amide bonds. The Kier molecular flexibility index (Phi) is 5.38. The van der Waals surface area contributed by atoms with E-state index in [-0.39, 0.29) is 0 Å². The first kappa shape index (κ1) is 15.3. The first-order chi connectivity index (χ1) is 9.61. The zero-order valence-electron chi connectivity index (χ0n) is 12.4. The van der Waals surface area contributed by atoms with Gasteiger partial charge < -0.3 is 9.88 Å². The summed E-state index contributed by atoms with van der Waals surface area (Å²) in [7, 11) is 2.05. The molecule has 0 aliphatic carbocycles. The summed E-state index contributed by atoms with van der Waals surface area (Å²) >= 11 is 3.67. The molecule has 1 unspecified atom stereocenters. The number of aryl methyl sites for hydroxylation is 3. The van der Waals surface area contributed by atoms with Crippen LogP contribution in [0.2, 0.25) is 0 Å². The second-order valence-electron chi connectivity index (χ2n) is 5.13. The van der Waals surface area contributed by atoms with Gasteiger partial charge in [0.1, 0.15) is 5.82 Å². The highest BCUT2D eigenvalue weighted by Crippen LogP contribution is 2.27. The second kappa shape index (κ2) is 7.04. The van der Waals surface area contributed by atoms with Crippen LogP contribution < -0.4 is 5.32 Å². The summed E-state index contributed by atoms with van der Waals surface area (Å²) in [4.78, 5) is 4.40. The monoisotopic (exact) mass is 335 g/mol. The molecular formula is C16H22BrN3. The molecule has 0 bridgehead atoms. The minimum absolute atomic E-state index is 0.353. The van der Waals surface area contributed by atoms with Crippen molar-refractivity contribution in [2.24, 2.45) is 7.05 Å². The van der Waals surface area contributed by atoms with E-state index in [2.05, 4.69) is 62.8 Å². The highest BCUT2D eigenvalue weighted by Gasteiger charge is 2.14. The maximum Gasteiger partial charge on any atom is 0.108 e. The van der Waals surface area contributed by atoms with Gasteiger partial charge in [0.25, 0.3) is 0 Å². The number of halogens is 1. The summed E-state index contributed by atoms with van der Waals surface area (Å²) in [6, 6.07) is 6.88. The molecule has 20 heavy (non-hydrogen) atoms. The Bertz CT molecular complexity index is 563. The van der Waals surface area contributed by atoms with E-state index in [4.69, 9.17) is 0 Å². The molecule has 108 valence electrons. The Labute approximate surface area is 129 Å². The molecule has 0 radical (unpaired) electrons. The van der Waals surface area contributed by atoms with E-state index in [0.29, 0.717) is 6.04 Å². The molecule has 1 aromatic carbocycles. The number of benzene rings is 1. The first-order valence-corrected chi connectivity index (χ1v) is 7.86. The molecule has 1 N–H and O–H groups in total. The average molecular weight is 336 g/mol. The summed E-state index contributed by atoms with van der Waals surface area (Å²) in [5.41, 5.74) is 2.63. The summed E-state index contributed by atoms with van der Waals surface area (Å²) in [5, 5.41) is 3.58. The van der Waals surface area contributed by atoms with Crippen LogP contribution in [-0.2, 0) is 13.5 Å². The Morgan fingerprint density at radius 2 is 2.20 bits per heavy atom. The van der Waals surface area contributed by atoms with E-state index in [1.54, 1.807) is 0 Å². The van der Waals surface area contributed by atoms with Gasteiger partial charge in [-0.15, -0.1) is 0 Å². The summed E-state index contributed by atoms with van der Waals surface area (Å²) in [6.07, 6.45) is 5.88. The summed E-state index contributed by atoms with van der Waals surface area (Å²) < 4.78 is 3.27. The van der Waals surface area contributed by atoms with Crippen molar-refractivity contribution in [1.82, 2.24) is 14.9 Å². The molecule has 2 rings (SSSR count). The predicted octanol–water partition coefficient (Wildman–Crippen LogP) is 3.77. The number of aromatic nitrogens is 2. The number of rotatable bonds is 6. The van der Waals surface area contributed by atoms with Gasteiger partial charge in [0.15, 0.2) is 0 Å². The van der Waals surface area contributed by atoms with E-state index in [1.165, 1.54) is 15.6 Å². The molecule has 0 fully saturated rings. The zero-order chi connectivity index (χ0) is 14.5. The van der Waals surface area contributed by atoms with Crippen LogP contribution >= 0.6 is 15.9 Å². The van der Waals surface area contributed by atoms with Gasteiger partial charge in [-0.25, -0.2) is 4.98 Å². The fourth-order valence-corrected chi connectivity index (χ4v) is 2.98. The lowest BCUT2D eigenvalue weighted by Crippen LogP contribution is -2.22. The van der Waals surface area contributed by atoms with E-state index in [1.807, 2.05) is 19.4 Å². The third-order valence-corrected chi connectivity index (χ3v) is 4.28. The molecule has 0 saturated carbocycles. The normalized spacial score (nSPS) is 12.6. The van der Waals surface area contributed by atoms with Crippen LogP contribution in [0.1, 0.15) is 36.3 Å². The van der Waals surface area contributed by atoms with Crippen LogP contribution in [0.5, 0.6) is 0 Å². The van der Waals surface area contributed by atoms with Crippen LogP contribution in [0.15, 0.2) is 35.1 Å². The number of hydrogen-bond acceptors (Lipinski definition) is 2. The van der Waals surface area contributed by atoms with Crippen molar-refractivity contribution < 1.29 is 0 Å². The van der Waals surface area contributed by atoms with Crippen LogP contribution in [0.3, 0.4) is 0 Å². The van der Waals surface area contributed by atoms with E-state index in [0.717, 1.165) is 25.2 Å². The lowest BCUT2D eigenvalue weighted by atomic mass is 10.00. The lowest BCUT2D eigenvalue weighted by molar-refractivity contribution is 0.504. The van der Waals surface area contributed by atoms with Crippen LogP contribution in [-0.4, -0.2) is 16.1 Å². The Morgan fingerprint density at radius 1 is 1.40 bits per heavy atom. The van der Waals surface area contributed by atoms with Crippen molar-refractivity contribution in [2.45, 2.75) is 32.7 Å². The van der Waals surface area contributed by atoms with Crippen molar-refractivity contribution in [1.29, 1.82) is 0 Å². The van der Waals surface area contributed by atoms with Crippen molar-refractivity contribution in [3.8, 4) is 0 Å². The molecule has 4 heteroatoms. The predicted molar refractivity (Wildman–Crippen MR) is 86.8 cm³/mol. The second-order valence-corrected chi connectivity index (χ2v) is 5.98. The number of nitrogens with one attached hydrogen (secondary N) is 1. The van der Waals surface area contributed by atoms with Crippen molar-refractivity contribution in [3.63, 3.8) is 0 Å². The standard InChI is InChI=1S/C16H22BrN3/c1-4-18-15(7-8-16-19-9-10-20(16)3)13-11-12(2)5-6-14(13)17/h5-6,9-11,15,18H,4,7-8H2,1-3H3. The van der Waals surface area contributed by atoms with Gasteiger partial charge in [-0.3, -0.25) is 0 Å². The molecule has 0 saturated heterocycles. The van der Waals surface area contributed by atoms with Gasteiger partial charge in [-0.2, -0.15) is 0 Å². The maximum absolute atomic E-state index is 4.40. The van der Waals surface area contributed by atoms with Gasteiger partial charge in [-0.1, -0.05) is 40.5 Å². The Morgan fingerprint density at radius 3 is 2.85 bits per heavy atom. The van der Waals surface area contributed by atoms with Crippen molar-refractivity contribution in [2.75, 3.05) is 6.54 Å². The largest absolute Gasteiger partial charge is 0.338 e. The Hall–Kier alpha value is -1.13. The SMILES string of the molecule is CCNC(CCc1nccn1C)c1cc(C)ccc1Br. The third kappa shape index (κ3) is 3.70. The van der Waals surface area contributed by atoms with E-state index in [9.17, 15) is 0 Å². The van der Waals surface area contributed by atoms with Gasteiger partial charge >= 0.3 is 0 Å².